The number of rotatable bonds is 4. The van der Waals surface area contributed by atoms with E-state index < -0.39 is 5.97 Å². The van der Waals surface area contributed by atoms with Gasteiger partial charge in [-0.2, -0.15) is 0 Å². The van der Waals surface area contributed by atoms with Crippen molar-refractivity contribution in [3.05, 3.63) is 53.9 Å². The molecular weight excluding hydrogens is 300 g/mol. The fourth-order valence-electron chi connectivity index (χ4n) is 2.15. The van der Waals surface area contributed by atoms with Crippen LogP contribution in [-0.2, 0) is 0 Å². The number of furan rings is 1. The molecule has 0 aliphatic carbocycles. The number of anilines is 1. The minimum absolute atomic E-state index is 0.155. The van der Waals surface area contributed by atoms with Crippen LogP contribution in [0.1, 0.15) is 20.9 Å². The van der Waals surface area contributed by atoms with Crippen LogP contribution in [-0.4, -0.2) is 29.1 Å². The minimum atomic E-state index is -1.15. The highest BCUT2D eigenvalue weighted by atomic mass is 16.5. The molecular formula is C16H12N2O5. The maximum atomic E-state index is 12.3. The summed E-state index contributed by atoms with van der Waals surface area (Å²) in [5, 5.41) is 12.2. The fourth-order valence-corrected chi connectivity index (χ4v) is 2.15. The summed E-state index contributed by atoms with van der Waals surface area (Å²) in [7, 11) is 1.43. The molecule has 0 radical (unpaired) electrons. The van der Waals surface area contributed by atoms with Gasteiger partial charge in [0.2, 0.25) is 11.6 Å². The maximum absolute atomic E-state index is 12.3. The second-order valence-corrected chi connectivity index (χ2v) is 4.68. The lowest BCUT2D eigenvalue weighted by Crippen LogP contribution is -2.13. The standard InChI is InChI=1S/C16H12N2O5/c1-22-15-11(3-2-6-17-15)14(19)18-10-4-5-12-9(7-10)8-13(23-12)16(20)21/h2-8H,1H3,(H,18,19)(H,20,21). The van der Waals surface area contributed by atoms with Gasteiger partial charge in [0.15, 0.2) is 0 Å². The summed E-state index contributed by atoms with van der Waals surface area (Å²) in [6, 6.07) is 9.48. The second-order valence-electron chi connectivity index (χ2n) is 4.68. The lowest BCUT2D eigenvalue weighted by atomic mass is 10.2. The number of ether oxygens (including phenoxy) is 1. The lowest BCUT2D eigenvalue weighted by Gasteiger charge is -2.08. The molecule has 2 heterocycles. The van der Waals surface area contributed by atoms with Crippen LogP contribution in [0, 0.1) is 0 Å². The number of benzene rings is 1. The molecule has 3 rings (SSSR count). The molecule has 7 heteroatoms. The lowest BCUT2D eigenvalue weighted by molar-refractivity contribution is 0.0665. The molecule has 0 aliphatic heterocycles. The Morgan fingerprint density at radius 3 is 2.83 bits per heavy atom. The van der Waals surface area contributed by atoms with Crippen LogP contribution >= 0.6 is 0 Å². The minimum Gasteiger partial charge on any atom is -0.480 e. The molecule has 0 saturated heterocycles. The quantitative estimate of drug-likeness (QED) is 0.768. The monoisotopic (exact) mass is 312 g/mol. The van der Waals surface area contributed by atoms with E-state index in [1.807, 2.05) is 0 Å². The van der Waals surface area contributed by atoms with E-state index in [-0.39, 0.29) is 17.5 Å². The largest absolute Gasteiger partial charge is 0.480 e. The van der Waals surface area contributed by atoms with Crippen LogP contribution in [0.25, 0.3) is 11.0 Å². The van der Waals surface area contributed by atoms with Crippen LogP contribution < -0.4 is 10.1 Å². The molecule has 0 unspecified atom stereocenters. The van der Waals surface area contributed by atoms with Crippen LogP contribution in [0.15, 0.2) is 47.0 Å². The highest BCUT2D eigenvalue weighted by Gasteiger charge is 2.14. The number of hydrogen-bond acceptors (Lipinski definition) is 5. The van der Waals surface area contributed by atoms with Gasteiger partial charge in [0.05, 0.1) is 7.11 Å². The molecule has 0 fully saturated rings. The SMILES string of the molecule is COc1ncccc1C(=O)Nc1ccc2oc(C(=O)O)cc2c1. The number of aromatic carboxylic acids is 1. The number of aromatic nitrogens is 1. The summed E-state index contributed by atoms with van der Waals surface area (Å²) >= 11 is 0. The van der Waals surface area contributed by atoms with Crippen molar-refractivity contribution in [3.63, 3.8) is 0 Å². The number of carbonyl (C=O) groups excluding carboxylic acids is 1. The number of nitrogens with zero attached hydrogens (tertiary/aromatic N) is 1. The van der Waals surface area contributed by atoms with Crippen molar-refractivity contribution >= 4 is 28.5 Å². The summed E-state index contributed by atoms with van der Waals surface area (Å²) in [6.45, 7) is 0. The van der Waals surface area contributed by atoms with E-state index in [1.165, 1.54) is 19.4 Å². The van der Waals surface area contributed by atoms with Crippen molar-refractivity contribution < 1.29 is 23.8 Å². The topological polar surface area (TPSA) is 102 Å². The number of nitrogens with one attached hydrogen (secondary N) is 1. The van der Waals surface area contributed by atoms with Crippen molar-refractivity contribution in [1.29, 1.82) is 0 Å². The van der Waals surface area contributed by atoms with E-state index >= 15 is 0 Å². The molecule has 23 heavy (non-hydrogen) atoms. The summed E-state index contributed by atoms with van der Waals surface area (Å²) in [4.78, 5) is 27.2. The van der Waals surface area contributed by atoms with Gasteiger partial charge in [-0.15, -0.1) is 0 Å². The first-order chi connectivity index (χ1) is 11.1. The van der Waals surface area contributed by atoms with E-state index in [2.05, 4.69) is 10.3 Å². The third-order valence-corrected chi connectivity index (χ3v) is 3.19. The van der Waals surface area contributed by atoms with E-state index in [1.54, 1.807) is 30.3 Å². The molecule has 7 nitrogen and oxygen atoms in total. The number of carbonyl (C=O) groups is 2. The molecule has 0 atom stereocenters. The predicted octanol–water partition coefficient (Wildman–Crippen LogP) is 2.79. The van der Waals surface area contributed by atoms with Crippen molar-refractivity contribution in [3.8, 4) is 5.88 Å². The van der Waals surface area contributed by atoms with E-state index in [0.717, 1.165) is 0 Å². The van der Waals surface area contributed by atoms with Crippen LogP contribution in [0.2, 0.25) is 0 Å². The molecule has 1 amide bonds. The van der Waals surface area contributed by atoms with Crippen LogP contribution in [0.4, 0.5) is 5.69 Å². The predicted molar refractivity (Wildman–Crippen MR) is 81.9 cm³/mol. The number of pyridine rings is 1. The molecule has 0 saturated carbocycles. The molecule has 0 aliphatic rings. The van der Waals surface area contributed by atoms with Crippen molar-refractivity contribution in [1.82, 2.24) is 4.98 Å². The Hall–Kier alpha value is -3.35. The van der Waals surface area contributed by atoms with Gasteiger partial charge in [0.25, 0.3) is 5.91 Å². The third-order valence-electron chi connectivity index (χ3n) is 3.19. The number of carboxylic acid groups (broad SMARTS) is 1. The van der Waals surface area contributed by atoms with Gasteiger partial charge in [-0.1, -0.05) is 0 Å². The van der Waals surface area contributed by atoms with Gasteiger partial charge in [-0.25, -0.2) is 9.78 Å². The summed E-state index contributed by atoms with van der Waals surface area (Å²) in [6.07, 6.45) is 1.53. The van der Waals surface area contributed by atoms with E-state index in [0.29, 0.717) is 22.2 Å². The zero-order valence-corrected chi connectivity index (χ0v) is 12.1. The molecule has 0 spiro atoms. The Balaban J connectivity index is 1.89. The highest BCUT2D eigenvalue weighted by Crippen LogP contribution is 2.24. The first-order valence-electron chi connectivity index (χ1n) is 6.66. The smallest absolute Gasteiger partial charge is 0.371 e. The Morgan fingerprint density at radius 1 is 1.26 bits per heavy atom. The first kappa shape index (κ1) is 14.6. The maximum Gasteiger partial charge on any atom is 0.371 e. The number of hydrogen-bond donors (Lipinski definition) is 2. The van der Waals surface area contributed by atoms with Gasteiger partial charge >= 0.3 is 5.97 Å². The van der Waals surface area contributed by atoms with Gasteiger partial charge in [-0.05, 0) is 36.4 Å². The van der Waals surface area contributed by atoms with E-state index in [4.69, 9.17) is 14.3 Å². The Bertz CT molecular complexity index is 900. The summed E-state index contributed by atoms with van der Waals surface area (Å²) < 4.78 is 10.2. The van der Waals surface area contributed by atoms with Crippen LogP contribution in [0.3, 0.4) is 0 Å². The molecule has 2 aromatic heterocycles. The van der Waals surface area contributed by atoms with Gasteiger partial charge < -0.3 is 19.6 Å². The second kappa shape index (κ2) is 5.80. The number of amides is 1. The molecule has 1 aromatic carbocycles. The number of fused-ring (bicyclic) bond motifs is 1. The number of methoxy groups -OCH3 is 1. The number of carboxylic acids is 1. The summed E-state index contributed by atoms with van der Waals surface area (Å²) in [5.74, 6) is -1.46. The van der Waals surface area contributed by atoms with Gasteiger partial charge in [-0.3, -0.25) is 4.79 Å². The Kier molecular flexibility index (Phi) is 3.68. The van der Waals surface area contributed by atoms with Crippen molar-refractivity contribution in [2.24, 2.45) is 0 Å². The molecule has 116 valence electrons. The Morgan fingerprint density at radius 2 is 2.09 bits per heavy atom. The molecule has 0 bridgehead atoms. The van der Waals surface area contributed by atoms with Gasteiger partial charge in [0.1, 0.15) is 11.1 Å². The zero-order chi connectivity index (χ0) is 16.4. The first-order valence-corrected chi connectivity index (χ1v) is 6.66. The van der Waals surface area contributed by atoms with Crippen LogP contribution in [0.5, 0.6) is 5.88 Å². The molecule has 2 N–H and O–H groups in total. The normalized spacial score (nSPS) is 10.5. The zero-order valence-electron chi connectivity index (χ0n) is 12.1. The third kappa shape index (κ3) is 2.84. The van der Waals surface area contributed by atoms with Crippen molar-refractivity contribution in [2.45, 2.75) is 0 Å². The highest BCUT2D eigenvalue weighted by molar-refractivity contribution is 6.06. The average molecular weight is 312 g/mol. The van der Waals surface area contributed by atoms with Crippen molar-refractivity contribution in [2.75, 3.05) is 12.4 Å². The van der Waals surface area contributed by atoms with Gasteiger partial charge in [0, 0.05) is 17.3 Å². The fraction of sp³-hybridized carbons (Fsp3) is 0.0625. The van der Waals surface area contributed by atoms with E-state index in [9.17, 15) is 9.59 Å². The average Bonchev–Trinajstić information content (AvgIpc) is 2.98. The summed E-state index contributed by atoms with van der Waals surface area (Å²) in [5.41, 5.74) is 1.24. The Labute approximate surface area is 130 Å². The molecule has 3 aromatic rings.